The topological polar surface area (TPSA) is 84.6 Å². The van der Waals surface area contributed by atoms with E-state index in [1.54, 1.807) is 16.7 Å². The zero-order valence-corrected chi connectivity index (χ0v) is 14.3. The van der Waals surface area contributed by atoms with Gasteiger partial charge in [-0.3, -0.25) is 4.79 Å². The lowest BCUT2D eigenvalue weighted by atomic mass is 9.86. The summed E-state index contributed by atoms with van der Waals surface area (Å²) < 4.78 is 7.16. The number of hydrogen-bond acceptors (Lipinski definition) is 5. The van der Waals surface area contributed by atoms with Crippen LogP contribution in [0.2, 0.25) is 0 Å². The molecule has 6 heteroatoms. The Hall–Kier alpha value is -2.70. The maximum atomic E-state index is 13.0. The number of phenolic OH excluding ortho intramolecular Hbond substituents is 1. The fraction of sp³-hybridized carbons (Fsp3) is 0.300. The van der Waals surface area contributed by atoms with Crippen molar-refractivity contribution in [1.29, 1.82) is 0 Å². The summed E-state index contributed by atoms with van der Waals surface area (Å²) >= 11 is 0. The Morgan fingerprint density at radius 2 is 2.19 bits per heavy atom. The normalized spacial score (nSPS) is 20.7. The van der Waals surface area contributed by atoms with E-state index in [-0.39, 0.29) is 24.5 Å². The molecule has 0 radical (unpaired) electrons. The summed E-state index contributed by atoms with van der Waals surface area (Å²) in [6.45, 7) is 2.68. The molecule has 0 fully saturated rings. The van der Waals surface area contributed by atoms with Crippen molar-refractivity contribution in [3.05, 3.63) is 57.4 Å². The minimum absolute atomic E-state index is 0.143. The third-order valence-electron chi connectivity index (χ3n) is 5.56. The van der Waals surface area contributed by atoms with Gasteiger partial charge in [-0.25, -0.2) is 4.98 Å². The second kappa shape index (κ2) is 5.16. The van der Waals surface area contributed by atoms with Crippen molar-refractivity contribution in [1.82, 2.24) is 9.55 Å². The molecule has 2 N–H and O–H groups in total. The van der Waals surface area contributed by atoms with Crippen LogP contribution in [0.5, 0.6) is 5.75 Å². The second-order valence-corrected chi connectivity index (χ2v) is 7.03. The van der Waals surface area contributed by atoms with Crippen LogP contribution in [0.4, 0.5) is 0 Å². The minimum Gasteiger partial charge on any atom is -0.507 e. The van der Waals surface area contributed by atoms with E-state index in [0.717, 1.165) is 11.3 Å². The van der Waals surface area contributed by atoms with E-state index in [4.69, 9.17) is 4.74 Å². The summed E-state index contributed by atoms with van der Waals surface area (Å²) in [5.41, 5.74) is 2.87. The first-order chi connectivity index (χ1) is 12.5. The summed E-state index contributed by atoms with van der Waals surface area (Å²) in [4.78, 5) is 17.7. The molecule has 0 spiro atoms. The molecule has 4 heterocycles. The summed E-state index contributed by atoms with van der Waals surface area (Å²) in [6.07, 6.45) is 0.467. The molecule has 2 aromatic heterocycles. The van der Waals surface area contributed by atoms with Crippen LogP contribution in [0.25, 0.3) is 22.3 Å². The van der Waals surface area contributed by atoms with E-state index in [1.807, 2.05) is 25.1 Å². The number of nitrogens with zero attached hydrogens (tertiary/aromatic N) is 2. The van der Waals surface area contributed by atoms with Gasteiger partial charge in [0.05, 0.1) is 36.7 Å². The summed E-state index contributed by atoms with van der Waals surface area (Å²) in [6, 6.07) is 8.99. The highest BCUT2D eigenvalue weighted by molar-refractivity contribution is 5.88. The van der Waals surface area contributed by atoms with Crippen molar-refractivity contribution in [2.75, 3.05) is 6.61 Å². The third-order valence-corrected chi connectivity index (χ3v) is 5.56. The average molecular weight is 350 g/mol. The standard InChI is InChI=1S/C20H18N2O4/c1-2-20(25)10-26-9-13-14(20)7-16-18-11(8-22(16)19(13)24)6-12-15(21-18)4-3-5-17(12)23/h3-7,23,25H,2,8-10H2,1H3. The lowest BCUT2D eigenvalue weighted by Crippen LogP contribution is -2.40. The molecule has 5 rings (SSSR count). The molecule has 2 aliphatic rings. The highest BCUT2D eigenvalue weighted by Crippen LogP contribution is 2.38. The molecule has 3 aromatic rings. The van der Waals surface area contributed by atoms with E-state index in [9.17, 15) is 15.0 Å². The van der Waals surface area contributed by atoms with Gasteiger partial charge in [0, 0.05) is 16.5 Å². The average Bonchev–Trinajstić information content (AvgIpc) is 3.00. The fourth-order valence-corrected chi connectivity index (χ4v) is 4.02. The van der Waals surface area contributed by atoms with Gasteiger partial charge in [-0.05, 0) is 36.2 Å². The van der Waals surface area contributed by atoms with Gasteiger partial charge in [-0.15, -0.1) is 0 Å². The summed E-state index contributed by atoms with van der Waals surface area (Å²) in [5, 5.41) is 21.7. The molecule has 0 aliphatic carbocycles. The van der Waals surface area contributed by atoms with Crippen LogP contribution < -0.4 is 5.56 Å². The van der Waals surface area contributed by atoms with Gasteiger partial charge in [0.2, 0.25) is 0 Å². The van der Waals surface area contributed by atoms with Crippen LogP contribution in [0, 0.1) is 0 Å². The molecule has 2 aliphatic heterocycles. The summed E-state index contributed by atoms with van der Waals surface area (Å²) in [7, 11) is 0. The van der Waals surface area contributed by atoms with Gasteiger partial charge in [0.1, 0.15) is 11.4 Å². The molecule has 0 amide bonds. The number of pyridine rings is 2. The molecule has 26 heavy (non-hydrogen) atoms. The van der Waals surface area contributed by atoms with Crippen LogP contribution in [0.15, 0.2) is 35.1 Å². The van der Waals surface area contributed by atoms with Crippen molar-refractivity contribution in [2.24, 2.45) is 0 Å². The van der Waals surface area contributed by atoms with E-state index < -0.39 is 5.60 Å². The number of hydrogen-bond donors (Lipinski definition) is 2. The fourth-order valence-electron chi connectivity index (χ4n) is 4.02. The van der Waals surface area contributed by atoms with E-state index in [1.165, 1.54) is 0 Å². The first-order valence-electron chi connectivity index (χ1n) is 8.71. The van der Waals surface area contributed by atoms with E-state index in [0.29, 0.717) is 40.7 Å². The Balaban J connectivity index is 1.80. The number of ether oxygens (including phenoxy) is 1. The number of aromatic nitrogens is 2. The Morgan fingerprint density at radius 3 is 3.00 bits per heavy atom. The Labute approximate surface area is 149 Å². The van der Waals surface area contributed by atoms with Crippen LogP contribution in [0.1, 0.15) is 30.0 Å². The molecule has 0 bridgehead atoms. The maximum absolute atomic E-state index is 13.0. The highest BCUT2D eigenvalue weighted by atomic mass is 16.5. The maximum Gasteiger partial charge on any atom is 0.257 e. The van der Waals surface area contributed by atoms with Crippen molar-refractivity contribution in [3.8, 4) is 17.1 Å². The van der Waals surface area contributed by atoms with Gasteiger partial charge < -0.3 is 19.5 Å². The number of phenols is 1. The summed E-state index contributed by atoms with van der Waals surface area (Å²) in [5.74, 6) is 0.175. The van der Waals surface area contributed by atoms with Gasteiger partial charge >= 0.3 is 0 Å². The molecule has 1 aromatic carbocycles. The number of fused-ring (bicyclic) bond motifs is 5. The largest absolute Gasteiger partial charge is 0.507 e. The highest BCUT2D eigenvalue weighted by Gasteiger charge is 2.37. The Bertz CT molecular complexity index is 1130. The molecule has 0 saturated heterocycles. The Kier molecular flexibility index (Phi) is 3.08. The molecular formula is C20H18N2O4. The zero-order valence-electron chi connectivity index (χ0n) is 14.3. The van der Waals surface area contributed by atoms with E-state index in [2.05, 4.69) is 4.98 Å². The predicted octanol–water partition coefficient (Wildman–Crippen LogP) is 2.26. The minimum atomic E-state index is -1.15. The third kappa shape index (κ3) is 1.94. The predicted molar refractivity (Wildman–Crippen MR) is 96.0 cm³/mol. The van der Waals surface area contributed by atoms with Crippen molar-refractivity contribution < 1.29 is 14.9 Å². The molecule has 1 unspecified atom stereocenters. The van der Waals surface area contributed by atoms with Gasteiger partial charge in [0.15, 0.2) is 0 Å². The lowest BCUT2D eigenvalue weighted by Gasteiger charge is -2.33. The number of benzene rings is 1. The molecule has 1 atom stereocenters. The van der Waals surface area contributed by atoms with Crippen LogP contribution >= 0.6 is 0 Å². The van der Waals surface area contributed by atoms with Crippen LogP contribution in [-0.2, 0) is 23.5 Å². The quantitative estimate of drug-likeness (QED) is 0.550. The monoisotopic (exact) mass is 350 g/mol. The first kappa shape index (κ1) is 15.5. The van der Waals surface area contributed by atoms with Gasteiger partial charge in [0.25, 0.3) is 5.56 Å². The smallest absolute Gasteiger partial charge is 0.257 e. The lowest BCUT2D eigenvalue weighted by molar-refractivity contribution is -0.0757. The van der Waals surface area contributed by atoms with Crippen molar-refractivity contribution in [2.45, 2.75) is 32.1 Å². The number of aromatic hydroxyl groups is 1. The SMILES string of the molecule is CCC1(O)COCc2c1cc1n(c2=O)Cc2cc3c(O)cccc3nc2-1. The molecular weight excluding hydrogens is 332 g/mol. The Morgan fingerprint density at radius 1 is 1.35 bits per heavy atom. The van der Waals surface area contributed by atoms with E-state index >= 15 is 0 Å². The number of rotatable bonds is 1. The van der Waals surface area contributed by atoms with Crippen LogP contribution in [-0.4, -0.2) is 26.4 Å². The second-order valence-electron chi connectivity index (χ2n) is 7.03. The first-order valence-corrected chi connectivity index (χ1v) is 8.71. The van der Waals surface area contributed by atoms with Crippen molar-refractivity contribution in [3.63, 3.8) is 0 Å². The zero-order chi connectivity index (χ0) is 18.1. The van der Waals surface area contributed by atoms with Gasteiger partial charge in [-0.1, -0.05) is 13.0 Å². The van der Waals surface area contributed by atoms with Crippen molar-refractivity contribution >= 4 is 10.9 Å². The van der Waals surface area contributed by atoms with Gasteiger partial charge in [-0.2, -0.15) is 0 Å². The molecule has 0 saturated carbocycles. The number of aliphatic hydroxyl groups is 1. The molecule has 132 valence electrons. The molecule has 6 nitrogen and oxygen atoms in total. The van der Waals surface area contributed by atoms with Crippen LogP contribution in [0.3, 0.4) is 0 Å².